The van der Waals surface area contributed by atoms with E-state index in [0.29, 0.717) is 5.56 Å². The Morgan fingerprint density at radius 1 is 0.548 bits per heavy atom. The smallest absolute Gasteiger partial charge is 0.322 e. The van der Waals surface area contributed by atoms with Crippen LogP contribution in [0.4, 0.5) is 0 Å². The summed E-state index contributed by atoms with van der Waals surface area (Å²) < 4.78 is 10.8. The van der Waals surface area contributed by atoms with Gasteiger partial charge in [-0.25, -0.2) is 0 Å². The summed E-state index contributed by atoms with van der Waals surface area (Å²) in [5.41, 5.74) is 0.988. The van der Waals surface area contributed by atoms with E-state index in [4.69, 9.17) is 9.47 Å². The van der Waals surface area contributed by atoms with Crippen LogP contribution in [0.1, 0.15) is 32.2 Å². The summed E-state index contributed by atoms with van der Waals surface area (Å²) in [6.07, 6.45) is 0. The molecular formula is C25H16O6. The van der Waals surface area contributed by atoms with Crippen LogP contribution in [-0.2, 0) is 9.59 Å². The van der Waals surface area contributed by atoms with E-state index in [1.54, 1.807) is 66.7 Å². The second kappa shape index (κ2) is 7.32. The molecule has 31 heavy (non-hydrogen) atoms. The molecule has 0 saturated carbocycles. The van der Waals surface area contributed by atoms with Crippen LogP contribution in [-0.4, -0.2) is 23.5 Å². The molecule has 6 heteroatoms. The maximum Gasteiger partial charge on any atom is 0.322 e. The molecule has 0 aliphatic carbocycles. The topological polar surface area (TPSA) is 86.7 Å². The van der Waals surface area contributed by atoms with E-state index in [0.717, 1.165) is 0 Å². The highest BCUT2D eigenvalue weighted by Gasteiger charge is 2.52. The second-order valence-electron chi connectivity index (χ2n) is 7.45. The number of rotatable bonds is 3. The van der Waals surface area contributed by atoms with Gasteiger partial charge in [0.05, 0.1) is 11.1 Å². The van der Waals surface area contributed by atoms with Gasteiger partial charge >= 0.3 is 11.9 Å². The number of carbonyl (C=O) groups excluding carboxylic acids is 4. The van der Waals surface area contributed by atoms with E-state index >= 15 is 0 Å². The van der Waals surface area contributed by atoms with Crippen molar-refractivity contribution in [2.75, 3.05) is 0 Å². The molecule has 6 nitrogen and oxygen atoms in total. The third-order valence-corrected chi connectivity index (χ3v) is 5.70. The predicted molar refractivity (Wildman–Crippen MR) is 109 cm³/mol. The Morgan fingerprint density at radius 2 is 0.968 bits per heavy atom. The lowest BCUT2D eigenvalue weighted by atomic mass is 9.70. The first kappa shape index (κ1) is 18.9. The minimum absolute atomic E-state index is 0.170. The summed E-state index contributed by atoms with van der Waals surface area (Å²) in [5.74, 6) is -6.00. The van der Waals surface area contributed by atoms with E-state index in [1.165, 1.54) is 12.1 Å². The maximum absolute atomic E-state index is 13.4. The fourth-order valence-corrected chi connectivity index (χ4v) is 4.28. The average molecular weight is 412 g/mol. The monoisotopic (exact) mass is 412 g/mol. The number of esters is 2. The van der Waals surface area contributed by atoms with Crippen molar-refractivity contribution in [3.63, 3.8) is 0 Å². The lowest BCUT2D eigenvalue weighted by Crippen LogP contribution is -2.46. The number of benzene rings is 3. The summed E-state index contributed by atoms with van der Waals surface area (Å²) >= 11 is 0. The Balaban J connectivity index is 1.66. The third kappa shape index (κ3) is 3.04. The fraction of sp³-hybridized carbons (Fsp3) is 0.120. The molecule has 0 aromatic heterocycles. The SMILES string of the molecule is O=C1Oc2ccccc2C(=O)C1C(c1ccccc1)C1C(=O)Oc2ccccc2C1=O. The summed E-state index contributed by atoms with van der Waals surface area (Å²) in [5, 5.41) is 0. The van der Waals surface area contributed by atoms with Crippen molar-refractivity contribution in [3.05, 3.63) is 95.6 Å². The minimum Gasteiger partial charge on any atom is -0.425 e. The highest BCUT2D eigenvalue weighted by atomic mass is 16.5. The Kier molecular flexibility index (Phi) is 4.47. The number of para-hydroxylation sites is 2. The van der Waals surface area contributed by atoms with E-state index < -0.39 is 41.3 Å². The van der Waals surface area contributed by atoms with Crippen LogP contribution in [0.5, 0.6) is 11.5 Å². The molecule has 152 valence electrons. The Labute approximate surface area is 177 Å². The van der Waals surface area contributed by atoms with Gasteiger partial charge in [-0.05, 0) is 29.8 Å². The summed E-state index contributed by atoms with van der Waals surface area (Å²) in [4.78, 5) is 52.7. The van der Waals surface area contributed by atoms with Gasteiger partial charge < -0.3 is 9.47 Å². The zero-order valence-electron chi connectivity index (χ0n) is 16.2. The number of hydrogen-bond acceptors (Lipinski definition) is 6. The molecule has 2 aliphatic rings. The predicted octanol–water partition coefficient (Wildman–Crippen LogP) is 3.61. The van der Waals surface area contributed by atoms with Crippen molar-refractivity contribution in [3.8, 4) is 11.5 Å². The highest BCUT2D eigenvalue weighted by Crippen LogP contribution is 2.43. The van der Waals surface area contributed by atoms with Crippen LogP contribution in [0.3, 0.4) is 0 Å². The number of ether oxygens (including phenoxy) is 2. The van der Waals surface area contributed by atoms with Crippen LogP contribution < -0.4 is 9.47 Å². The van der Waals surface area contributed by atoms with Gasteiger partial charge in [-0.15, -0.1) is 0 Å². The number of fused-ring (bicyclic) bond motifs is 2. The molecule has 0 amide bonds. The van der Waals surface area contributed by atoms with E-state index in [2.05, 4.69) is 0 Å². The zero-order valence-corrected chi connectivity index (χ0v) is 16.2. The standard InChI is InChI=1S/C25H16O6/c26-22-15-10-4-6-12-17(15)30-24(28)20(22)19(14-8-2-1-3-9-14)21-23(27)16-11-5-7-13-18(16)31-25(21)29/h1-13,19-21H. The lowest BCUT2D eigenvalue weighted by Gasteiger charge is -2.34. The average Bonchev–Trinajstić information content (AvgIpc) is 2.78. The fourth-order valence-electron chi connectivity index (χ4n) is 4.28. The van der Waals surface area contributed by atoms with Crippen molar-refractivity contribution in [2.24, 2.45) is 11.8 Å². The molecule has 0 bridgehead atoms. The molecule has 2 unspecified atom stereocenters. The first-order chi connectivity index (χ1) is 15.1. The van der Waals surface area contributed by atoms with Crippen LogP contribution in [0.25, 0.3) is 0 Å². The summed E-state index contributed by atoms with van der Waals surface area (Å²) in [6.45, 7) is 0. The van der Waals surface area contributed by atoms with Crippen molar-refractivity contribution in [1.29, 1.82) is 0 Å². The molecule has 0 saturated heterocycles. The first-order valence-electron chi connectivity index (χ1n) is 9.81. The largest absolute Gasteiger partial charge is 0.425 e. The summed E-state index contributed by atoms with van der Waals surface area (Å²) in [6, 6.07) is 21.5. The number of carbonyl (C=O) groups is 4. The number of ketones is 2. The van der Waals surface area contributed by atoms with Gasteiger partial charge in [0, 0.05) is 5.92 Å². The molecular weight excluding hydrogens is 396 g/mol. The second-order valence-corrected chi connectivity index (χ2v) is 7.45. The number of hydrogen-bond donors (Lipinski definition) is 0. The van der Waals surface area contributed by atoms with Gasteiger partial charge in [-0.2, -0.15) is 0 Å². The highest BCUT2D eigenvalue weighted by molar-refractivity contribution is 6.18. The lowest BCUT2D eigenvalue weighted by molar-refractivity contribution is -0.142. The van der Waals surface area contributed by atoms with Gasteiger partial charge in [0.15, 0.2) is 11.6 Å². The molecule has 0 fully saturated rings. The maximum atomic E-state index is 13.4. The van der Waals surface area contributed by atoms with E-state index in [1.807, 2.05) is 0 Å². The van der Waals surface area contributed by atoms with Gasteiger partial charge in [0.1, 0.15) is 23.3 Å². The van der Waals surface area contributed by atoms with Gasteiger partial charge in [-0.3, -0.25) is 19.2 Å². The molecule has 2 heterocycles. The van der Waals surface area contributed by atoms with Crippen molar-refractivity contribution >= 4 is 23.5 Å². The van der Waals surface area contributed by atoms with Gasteiger partial charge in [-0.1, -0.05) is 54.6 Å². The quantitative estimate of drug-likeness (QED) is 0.371. The number of Topliss-reactive ketones (excluding diaryl/α,β-unsaturated/α-hetero) is 2. The van der Waals surface area contributed by atoms with Crippen molar-refractivity contribution in [2.45, 2.75) is 5.92 Å². The minimum atomic E-state index is -1.36. The van der Waals surface area contributed by atoms with Gasteiger partial charge in [0.25, 0.3) is 0 Å². The van der Waals surface area contributed by atoms with Crippen molar-refractivity contribution < 1.29 is 28.7 Å². The zero-order chi connectivity index (χ0) is 21.5. The van der Waals surface area contributed by atoms with Crippen LogP contribution in [0.15, 0.2) is 78.9 Å². The van der Waals surface area contributed by atoms with Crippen molar-refractivity contribution in [1.82, 2.24) is 0 Å². The summed E-state index contributed by atoms with van der Waals surface area (Å²) in [7, 11) is 0. The molecule has 0 spiro atoms. The van der Waals surface area contributed by atoms with E-state index in [9.17, 15) is 19.2 Å². The van der Waals surface area contributed by atoms with E-state index in [-0.39, 0.29) is 22.6 Å². The molecule has 2 atom stereocenters. The molecule has 3 aromatic rings. The first-order valence-corrected chi connectivity index (χ1v) is 9.81. The molecule has 3 aromatic carbocycles. The van der Waals surface area contributed by atoms with Crippen LogP contribution in [0.2, 0.25) is 0 Å². The normalized spacial score (nSPS) is 20.9. The molecule has 2 aliphatic heterocycles. The van der Waals surface area contributed by atoms with Crippen LogP contribution in [0, 0.1) is 11.8 Å². The molecule has 5 rings (SSSR count). The molecule has 0 radical (unpaired) electrons. The Hall–Kier alpha value is -4.06. The Morgan fingerprint density at radius 3 is 1.45 bits per heavy atom. The third-order valence-electron chi connectivity index (χ3n) is 5.70. The van der Waals surface area contributed by atoms with Gasteiger partial charge in [0.2, 0.25) is 0 Å². The molecule has 0 N–H and O–H groups in total. The van der Waals surface area contributed by atoms with Crippen LogP contribution >= 0.6 is 0 Å². The Bertz CT molecular complexity index is 1150.